The van der Waals surface area contributed by atoms with Crippen molar-refractivity contribution in [3.05, 3.63) is 34.9 Å². The van der Waals surface area contributed by atoms with E-state index in [-0.39, 0.29) is 11.8 Å². The van der Waals surface area contributed by atoms with Crippen LogP contribution >= 0.6 is 11.6 Å². The molecular formula is C17H18ClN3O2. The summed E-state index contributed by atoms with van der Waals surface area (Å²) in [5, 5.41) is 10.3. The molecule has 3 rings (SSSR count). The zero-order valence-corrected chi connectivity index (χ0v) is 14.0. The number of amides is 2. The molecule has 0 saturated carbocycles. The lowest BCUT2D eigenvalue weighted by Gasteiger charge is -2.42. The quantitative estimate of drug-likeness (QED) is 0.793. The van der Waals surface area contributed by atoms with Crippen LogP contribution in [0.25, 0.3) is 0 Å². The smallest absolute Gasteiger partial charge is 0.246 e. The molecule has 0 aliphatic carbocycles. The molecule has 2 aliphatic rings. The summed E-state index contributed by atoms with van der Waals surface area (Å²) in [6, 6.07) is 7.93. The molecule has 1 aromatic carbocycles. The summed E-state index contributed by atoms with van der Waals surface area (Å²) in [6.45, 7) is 3.53. The van der Waals surface area contributed by atoms with Gasteiger partial charge in [-0.3, -0.25) is 9.59 Å². The van der Waals surface area contributed by atoms with Gasteiger partial charge in [-0.1, -0.05) is 23.7 Å². The predicted molar refractivity (Wildman–Crippen MR) is 85.4 cm³/mol. The molecular weight excluding hydrogens is 314 g/mol. The van der Waals surface area contributed by atoms with Gasteiger partial charge < -0.3 is 9.80 Å². The molecule has 0 aromatic heterocycles. The molecule has 0 radical (unpaired) electrons. The fraction of sp³-hybridized carbons (Fsp3) is 0.471. The normalized spacial score (nSPS) is 33.6. The highest BCUT2D eigenvalue weighted by Crippen LogP contribution is 2.51. The second-order valence-electron chi connectivity index (χ2n) is 6.57. The Kier molecular flexibility index (Phi) is 3.61. The largest absolute Gasteiger partial charge is 0.332 e. The van der Waals surface area contributed by atoms with E-state index < -0.39 is 23.5 Å². The Morgan fingerprint density at radius 3 is 2.43 bits per heavy atom. The summed E-state index contributed by atoms with van der Waals surface area (Å²) in [5.41, 5.74) is 0.0215. The van der Waals surface area contributed by atoms with Gasteiger partial charge in [0.15, 0.2) is 0 Å². The first-order chi connectivity index (χ1) is 10.8. The number of piperazine rings is 1. The van der Waals surface area contributed by atoms with E-state index >= 15 is 0 Å². The van der Waals surface area contributed by atoms with Crippen LogP contribution in [-0.2, 0) is 9.59 Å². The third-order valence-corrected chi connectivity index (χ3v) is 5.35. The number of hydrogen-bond donors (Lipinski definition) is 0. The second kappa shape index (κ2) is 5.24. The molecule has 1 unspecified atom stereocenters. The van der Waals surface area contributed by atoms with E-state index in [2.05, 4.69) is 6.07 Å². The molecule has 120 valence electrons. The van der Waals surface area contributed by atoms with E-state index in [4.69, 9.17) is 11.6 Å². The van der Waals surface area contributed by atoms with Crippen molar-refractivity contribution in [2.24, 2.45) is 5.41 Å². The molecule has 0 N–H and O–H groups in total. The number of likely N-dealkylation sites (N-methyl/N-ethyl adjacent to an activating group) is 1. The number of hydrogen-bond acceptors (Lipinski definition) is 3. The third-order valence-electron chi connectivity index (χ3n) is 5.10. The highest BCUT2D eigenvalue weighted by molar-refractivity contribution is 6.30. The molecule has 2 aliphatic heterocycles. The molecule has 2 saturated heterocycles. The van der Waals surface area contributed by atoms with Crippen molar-refractivity contribution in [3.8, 4) is 6.07 Å². The molecule has 23 heavy (non-hydrogen) atoms. The van der Waals surface area contributed by atoms with E-state index in [1.54, 1.807) is 31.0 Å². The minimum atomic E-state index is -0.811. The van der Waals surface area contributed by atoms with Crippen LogP contribution in [0.5, 0.6) is 0 Å². The number of fused-ring (bicyclic) bond motifs is 1. The number of nitrogens with zero attached hydrogens (tertiary/aromatic N) is 3. The van der Waals surface area contributed by atoms with Crippen molar-refractivity contribution in [1.29, 1.82) is 5.26 Å². The number of benzene rings is 1. The third kappa shape index (κ3) is 2.21. The van der Waals surface area contributed by atoms with Gasteiger partial charge in [0, 0.05) is 12.1 Å². The van der Waals surface area contributed by atoms with E-state index in [1.807, 2.05) is 19.1 Å². The lowest BCUT2D eigenvalue weighted by molar-refractivity contribution is -0.159. The molecule has 4 atom stereocenters. The number of halogens is 1. The highest BCUT2D eigenvalue weighted by Gasteiger charge is 2.58. The van der Waals surface area contributed by atoms with Gasteiger partial charge in [0.25, 0.3) is 0 Å². The molecule has 6 heteroatoms. The Morgan fingerprint density at radius 1 is 1.26 bits per heavy atom. The second-order valence-corrected chi connectivity index (χ2v) is 7.01. The average Bonchev–Trinajstić information content (AvgIpc) is 2.86. The highest BCUT2D eigenvalue weighted by atomic mass is 35.5. The van der Waals surface area contributed by atoms with Crippen molar-refractivity contribution >= 4 is 23.4 Å². The van der Waals surface area contributed by atoms with Crippen LogP contribution in [0, 0.1) is 16.7 Å². The van der Waals surface area contributed by atoms with Crippen molar-refractivity contribution < 1.29 is 9.59 Å². The van der Waals surface area contributed by atoms with E-state index in [0.717, 1.165) is 5.56 Å². The molecule has 2 heterocycles. The molecule has 2 fully saturated rings. The Morgan fingerprint density at radius 2 is 1.87 bits per heavy atom. The lowest BCUT2D eigenvalue weighted by atomic mass is 9.79. The SMILES string of the molecule is CC1C(=O)N2[C@@H](c3ccc(Cl)cc3)[C@@](C)(C#N)C[C@H]2C(=O)N1C. The summed E-state index contributed by atoms with van der Waals surface area (Å²) in [6.07, 6.45) is 0.346. The summed E-state index contributed by atoms with van der Waals surface area (Å²) in [5.74, 6) is -0.217. The van der Waals surface area contributed by atoms with Crippen LogP contribution in [0.1, 0.15) is 31.9 Å². The monoisotopic (exact) mass is 331 g/mol. The standard InChI is InChI=1S/C17H18ClN3O2/c1-10-15(22)21-13(16(23)20(10)3)8-17(2,9-19)14(21)11-4-6-12(18)7-5-11/h4-7,10,13-14H,8H2,1-3H3/t10?,13-,14-,17+/m0/s1. The Balaban J connectivity index is 2.12. The van der Waals surface area contributed by atoms with Crippen molar-refractivity contribution in [3.63, 3.8) is 0 Å². The van der Waals surface area contributed by atoms with Gasteiger partial charge in [-0.05, 0) is 38.0 Å². The first kappa shape index (κ1) is 15.8. The van der Waals surface area contributed by atoms with Crippen LogP contribution in [0.15, 0.2) is 24.3 Å². The molecule has 5 nitrogen and oxygen atoms in total. The number of rotatable bonds is 1. The zero-order chi connectivity index (χ0) is 16.9. The number of carbonyl (C=O) groups excluding carboxylic acids is 2. The van der Waals surface area contributed by atoms with Crippen LogP contribution in [0.2, 0.25) is 5.02 Å². The fourth-order valence-electron chi connectivity index (χ4n) is 3.67. The summed E-state index contributed by atoms with van der Waals surface area (Å²) in [7, 11) is 1.64. The molecule has 0 bridgehead atoms. The van der Waals surface area contributed by atoms with Gasteiger partial charge in [-0.15, -0.1) is 0 Å². The van der Waals surface area contributed by atoms with Gasteiger partial charge in [-0.2, -0.15) is 5.26 Å². The summed E-state index contributed by atoms with van der Waals surface area (Å²) >= 11 is 5.95. The van der Waals surface area contributed by atoms with Crippen LogP contribution in [-0.4, -0.2) is 40.7 Å². The van der Waals surface area contributed by atoms with Gasteiger partial charge in [-0.25, -0.2) is 0 Å². The Hall–Kier alpha value is -2.06. The average molecular weight is 332 g/mol. The minimum absolute atomic E-state index is 0.102. The maximum atomic E-state index is 12.8. The van der Waals surface area contributed by atoms with Gasteiger partial charge in [0.05, 0.1) is 17.5 Å². The zero-order valence-electron chi connectivity index (χ0n) is 13.3. The van der Waals surface area contributed by atoms with Crippen LogP contribution < -0.4 is 0 Å². The van der Waals surface area contributed by atoms with Crippen LogP contribution in [0.4, 0.5) is 0 Å². The summed E-state index contributed by atoms with van der Waals surface area (Å²) < 4.78 is 0. The molecule has 2 amide bonds. The maximum Gasteiger partial charge on any atom is 0.246 e. The van der Waals surface area contributed by atoms with Gasteiger partial charge in [0.2, 0.25) is 11.8 Å². The Bertz CT molecular complexity index is 712. The first-order valence-electron chi connectivity index (χ1n) is 7.56. The fourth-order valence-corrected chi connectivity index (χ4v) is 3.80. The maximum absolute atomic E-state index is 12.8. The lowest BCUT2D eigenvalue weighted by Crippen LogP contribution is -2.60. The van der Waals surface area contributed by atoms with E-state index in [1.165, 1.54) is 4.90 Å². The predicted octanol–water partition coefficient (Wildman–Crippen LogP) is 2.37. The van der Waals surface area contributed by atoms with Gasteiger partial charge >= 0.3 is 0 Å². The minimum Gasteiger partial charge on any atom is -0.332 e. The van der Waals surface area contributed by atoms with Crippen molar-refractivity contribution in [2.45, 2.75) is 38.4 Å². The number of nitriles is 1. The van der Waals surface area contributed by atoms with Crippen molar-refractivity contribution in [1.82, 2.24) is 9.80 Å². The molecule has 1 aromatic rings. The van der Waals surface area contributed by atoms with Crippen molar-refractivity contribution in [2.75, 3.05) is 7.05 Å². The first-order valence-corrected chi connectivity index (χ1v) is 7.93. The summed E-state index contributed by atoms with van der Waals surface area (Å²) in [4.78, 5) is 28.5. The topological polar surface area (TPSA) is 64.4 Å². The van der Waals surface area contributed by atoms with Crippen LogP contribution in [0.3, 0.4) is 0 Å². The van der Waals surface area contributed by atoms with E-state index in [9.17, 15) is 14.9 Å². The van der Waals surface area contributed by atoms with E-state index in [0.29, 0.717) is 11.4 Å². The van der Waals surface area contributed by atoms with Gasteiger partial charge in [0.1, 0.15) is 12.1 Å². The molecule has 0 spiro atoms. The number of carbonyl (C=O) groups is 2. The Labute approximate surface area is 140 Å².